The molecule has 0 spiro atoms. The Kier molecular flexibility index (Phi) is 8.42. The maximum atomic E-state index is 6.60. The third-order valence-corrected chi connectivity index (χ3v) is 9.45. The van der Waals surface area contributed by atoms with Gasteiger partial charge in [-0.2, -0.15) is 0 Å². The number of hydrogen-bond donors (Lipinski definition) is 0. The van der Waals surface area contributed by atoms with Crippen molar-refractivity contribution >= 4 is 21.5 Å². The second-order valence-corrected chi connectivity index (χ2v) is 12.3. The molecule has 0 fully saturated rings. The van der Waals surface area contributed by atoms with Crippen molar-refractivity contribution in [2.24, 2.45) is 0 Å². The predicted molar refractivity (Wildman–Crippen MR) is 207 cm³/mol. The van der Waals surface area contributed by atoms with Crippen LogP contribution in [-0.2, 0) is 0 Å². The van der Waals surface area contributed by atoms with Crippen molar-refractivity contribution in [1.29, 1.82) is 0 Å². The summed E-state index contributed by atoms with van der Waals surface area (Å²) < 4.78 is 13.2. The molecule has 0 aromatic heterocycles. The van der Waals surface area contributed by atoms with Gasteiger partial charge in [-0.1, -0.05) is 60.7 Å². The summed E-state index contributed by atoms with van der Waals surface area (Å²) in [5.74, 6) is 3.81. The van der Waals surface area contributed by atoms with E-state index in [4.69, 9.17) is 9.47 Å². The van der Waals surface area contributed by atoms with Crippen LogP contribution in [0.1, 0.15) is 33.4 Å². The average molecular weight is 645 g/mol. The van der Waals surface area contributed by atoms with Crippen LogP contribution in [0.15, 0.2) is 182 Å². The molecule has 8 aromatic carbocycles. The zero-order valence-electron chi connectivity index (χ0n) is 28.1. The van der Waals surface area contributed by atoms with Crippen LogP contribution in [-0.4, -0.2) is 14.2 Å². The summed E-state index contributed by atoms with van der Waals surface area (Å²) in [6, 6.07) is 64.2. The van der Waals surface area contributed by atoms with E-state index >= 15 is 0 Å². The highest BCUT2D eigenvalue weighted by molar-refractivity contribution is 6.11. The third kappa shape index (κ3) is 5.51. The Labute approximate surface area is 294 Å². The van der Waals surface area contributed by atoms with E-state index in [0.717, 1.165) is 89.4 Å². The zero-order valence-corrected chi connectivity index (χ0v) is 28.1. The molecule has 8 rings (SSSR count). The Morgan fingerprint density at radius 2 is 0.620 bits per heavy atom. The standard InChI is InChI=1S/C48H36O2/c1-49-47-41(43(33-19-7-3-8-20-33)34-21-9-4-10-22-34)31-37-27-15-17-29-39(37)45(47)46-40-30-18-16-28-38(40)32-42(48(46)50-2)44(35-23-11-5-12-24-35)36-25-13-6-14-26-36/h3-32H,1-2H3/q+2. The molecular formula is C48H36O2+2. The van der Waals surface area contributed by atoms with Gasteiger partial charge in [0.15, 0.2) is 11.5 Å². The van der Waals surface area contributed by atoms with Crippen molar-refractivity contribution < 1.29 is 9.47 Å². The quantitative estimate of drug-likeness (QED) is 0.115. The summed E-state index contributed by atoms with van der Waals surface area (Å²) in [6.45, 7) is 0. The summed E-state index contributed by atoms with van der Waals surface area (Å²) in [5, 5.41) is 4.43. The number of benzene rings is 8. The van der Waals surface area contributed by atoms with E-state index in [2.05, 4.69) is 182 Å². The van der Waals surface area contributed by atoms with Crippen LogP contribution in [0.2, 0.25) is 0 Å². The topological polar surface area (TPSA) is 18.5 Å². The Bertz CT molecular complexity index is 2130. The van der Waals surface area contributed by atoms with Crippen LogP contribution in [0.3, 0.4) is 0 Å². The molecule has 0 amide bonds. The molecule has 0 bridgehead atoms. The van der Waals surface area contributed by atoms with Gasteiger partial charge in [-0.3, -0.25) is 0 Å². The first-order valence-electron chi connectivity index (χ1n) is 16.9. The molecule has 0 unspecified atom stereocenters. The van der Waals surface area contributed by atoms with E-state index in [-0.39, 0.29) is 0 Å². The smallest absolute Gasteiger partial charge is 0.181 e. The van der Waals surface area contributed by atoms with Gasteiger partial charge in [0.2, 0.25) is 0 Å². The fraction of sp³-hybridized carbons (Fsp3) is 0.0417. The van der Waals surface area contributed by atoms with Crippen LogP contribution < -0.4 is 9.47 Å². The molecule has 0 radical (unpaired) electrons. The van der Waals surface area contributed by atoms with Gasteiger partial charge in [0.25, 0.3) is 0 Å². The van der Waals surface area contributed by atoms with Gasteiger partial charge in [0, 0.05) is 33.7 Å². The second kappa shape index (κ2) is 13.6. The molecule has 2 nitrogen and oxygen atoms in total. The van der Waals surface area contributed by atoms with Gasteiger partial charge >= 0.3 is 0 Å². The summed E-state index contributed by atoms with van der Waals surface area (Å²) in [5.41, 5.74) is 8.51. The van der Waals surface area contributed by atoms with E-state index < -0.39 is 0 Å². The lowest BCUT2D eigenvalue weighted by molar-refractivity contribution is 0.408. The van der Waals surface area contributed by atoms with E-state index in [9.17, 15) is 0 Å². The Balaban J connectivity index is 1.51. The number of methoxy groups -OCH3 is 2. The maximum absolute atomic E-state index is 6.60. The molecule has 0 aliphatic rings. The molecule has 0 N–H and O–H groups in total. The van der Waals surface area contributed by atoms with E-state index in [1.807, 2.05) is 0 Å². The first-order chi connectivity index (χ1) is 24.8. The number of ether oxygens (including phenoxy) is 2. The minimum atomic E-state index is 0.799. The van der Waals surface area contributed by atoms with Crippen LogP contribution >= 0.6 is 0 Å². The Morgan fingerprint density at radius 3 is 0.920 bits per heavy atom. The lowest BCUT2D eigenvalue weighted by atomic mass is 9.79. The van der Waals surface area contributed by atoms with Gasteiger partial charge in [0.05, 0.1) is 70.6 Å². The number of fused-ring (bicyclic) bond motifs is 2. The van der Waals surface area contributed by atoms with Crippen molar-refractivity contribution in [2.75, 3.05) is 14.2 Å². The highest BCUT2D eigenvalue weighted by atomic mass is 16.5. The fourth-order valence-electron chi connectivity index (χ4n) is 7.32. The molecular weight excluding hydrogens is 609 g/mol. The summed E-state index contributed by atoms with van der Waals surface area (Å²) in [4.78, 5) is 0. The second-order valence-electron chi connectivity index (χ2n) is 12.3. The van der Waals surface area contributed by atoms with Gasteiger partial charge in [0.1, 0.15) is 0 Å². The van der Waals surface area contributed by atoms with E-state index in [1.54, 1.807) is 14.2 Å². The average Bonchev–Trinajstić information content (AvgIpc) is 3.19. The molecule has 8 aromatic rings. The van der Waals surface area contributed by atoms with E-state index in [1.165, 1.54) is 0 Å². The fourth-order valence-corrected chi connectivity index (χ4v) is 7.32. The highest BCUT2D eigenvalue weighted by Crippen LogP contribution is 2.52. The van der Waals surface area contributed by atoms with Gasteiger partial charge in [-0.25, -0.2) is 0 Å². The van der Waals surface area contributed by atoms with Crippen molar-refractivity contribution in [3.05, 3.63) is 227 Å². The molecule has 2 heteroatoms. The highest BCUT2D eigenvalue weighted by Gasteiger charge is 2.35. The van der Waals surface area contributed by atoms with Crippen molar-refractivity contribution in [1.82, 2.24) is 0 Å². The summed E-state index contributed by atoms with van der Waals surface area (Å²) >= 11 is 0. The normalized spacial score (nSPS) is 11.0. The molecule has 0 atom stereocenters. The Hall–Kier alpha value is -6.38. The summed E-state index contributed by atoms with van der Waals surface area (Å²) in [6.07, 6.45) is 0. The molecule has 0 aliphatic heterocycles. The minimum Gasteiger partial charge on any atom is -0.470 e. The third-order valence-electron chi connectivity index (χ3n) is 9.45. The molecule has 50 heavy (non-hydrogen) atoms. The first kappa shape index (κ1) is 30.9. The van der Waals surface area contributed by atoms with Crippen LogP contribution in [0, 0.1) is 11.8 Å². The predicted octanol–water partition coefficient (Wildman–Crippen LogP) is 11.7. The van der Waals surface area contributed by atoms with Crippen molar-refractivity contribution in [2.45, 2.75) is 0 Å². The summed E-state index contributed by atoms with van der Waals surface area (Å²) in [7, 11) is 3.57. The lowest BCUT2D eigenvalue weighted by Gasteiger charge is -2.23. The number of hydrogen-bond acceptors (Lipinski definition) is 2. The van der Waals surface area contributed by atoms with Crippen molar-refractivity contribution in [3.63, 3.8) is 0 Å². The molecule has 0 aliphatic carbocycles. The van der Waals surface area contributed by atoms with Gasteiger partial charge in [-0.05, 0) is 109 Å². The Morgan fingerprint density at radius 1 is 0.340 bits per heavy atom. The zero-order chi connectivity index (χ0) is 33.9. The SMILES string of the molecule is COc1c([C+](c2ccccc2)c2ccccc2)cc2ccccc2c1-c1c(OC)c([C+](c2ccccc2)c2ccccc2)cc2ccccc12. The maximum Gasteiger partial charge on any atom is 0.181 e. The molecule has 0 saturated heterocycles. The first-order valence-corrected chi connectivity index (χ1v) is 16.9. The monoisotopic (exact) mass is 644 g/mol. The van der Waals surface area contributed by atoms with E-state index in [0.29, 0.717) is 0 Å². The minimum absolute atomic E-state index is 0.799. The molecule has 0 heterocycles. The largest absolute Gasteiger partial charge is 0.470 e. The van der Waals surface area contributed by atoms with Crippen LogP contribution in [0.4, 0.5) is 0 Å². The van der Waals surface area contributed by atoms with Gasteiger partial charge in [-0.15, -0.1) is 0 Å². The lowest BCUT2D eigenvalue weighted by Crippen LogP contribution is -2.10. The molecule has 238 valence electrons. The molecule has 0 saturated carbocycles. The van der Waals surface area contributed by atoms with Crippen LogP contribution in [0.25, 0.3) is 32.7 Å². The van der Waals surface area contributed by atoms with Gasteiger partial charge < -0.3 is 9.47 Å². The number of rotatable bonds is 9. The van der Waals surface area contributed by atoms with Crippen LogP contribution in [0.5, 0.6) is 11.5 Å². The van der Waals surface area contributed by atoms with Crippen molar-refractivity contribution in [3.8, 4) is 22.6 Å².